The lowest BCUT2D eigenvalue weighted by atomic mass is 9.72. The van der Waals surface area contributed by atoms with E-state index < -0.39 is 11.5 Å². The average molecular weight is 628 g/mol. The van der Waals surface area contributed by atoms with Crippen LogP contribution in [0.4, 0.5) is 4.39 Å². The van der Waals surface area contributed by atoms with E-state index in [1.807, 2.05) is 54.6 Å². The third-order valence-electron chi connectivity index (χ3n) is 7.93. The predicted molar refractivity (Wildman–Crippen MR) is 171 cm³/mol. The Bertz CT molecular complexity index is 1600. The second kappa shape index (κ2) is 13.6. The summed E-state index contributed by atoms with van der Waals surface area (Å²) in [6.45, 7) is 1.45. The molecule has 2 unspecified atom stereocenters. The van der Waals surface area contributed by atoms with Gasteiger partial charge in [-0.2, -0.15) is 0 Å². The number of pyridine rings is 1. The molecule has 1 heterocycles. The molecular formula is C36H36BrFN2O2. The molecule has 0 aliphatic heterocycles. The van der Waals surface area contributed by atoms with Gasteiger partial charge in [-0.1, -0.05) is 88.7 Å². The van der Waals surface area contributed by atoms with Crippen molar-refractivity contribution in [1.29, 1.82) is 0 Å². The Morgan fingerprint density at radius 1 is 0.881 bits per heavy atom. The molecule has 2 atom stereocenters. The molecule has 5 aromatic rings. The summed E-state index contributed by atoms with van der Waals surface area (Å²) in [5, 5.41) is 13.8. The maximum atomic E-state index is 13.7. The first-order valence-electron chi connectivity index (χ1n) is 14.2. The Morgan fingerprint density at radius 2 is 1.57 bits per heavy atom. The van der Waals surface area contributed by atoms with Gasteiger partial charge in [-0.15, -0.1) is 0 Å². The monoisotopic (exact) mass is 626 g/mol. The number of ether oxygens (including phenoxy) is 1. The molecule has 0 aliphatic carbocycles. The van der Waals surface area contributed by atoms with Crippen molar-refractivity contribution in [2.45, 2.75) is 37.3 Å². The number of nitrogens with zero attached hydrogens (tertiary/aromatic N) is 2. The zero-order valence-electron chi connectivity index (χ0n) is 24.0. The van der Waals surface area contributed by atoms with Crippen LogP contribution < -0.4 is 4.74 Å². The molecule has 0 saturated heterocycles. The van der Waals surface area contributed by atoms with Crippen molar-refractivity contribution in [3.63, 3.8) is 0 Å². The number of fused-ring (bicyclic) bond motifs is 1. The minimum atomic E-state index is -1.17. The lowest BCUT2D eigenvalue weighted by molar-refractivity contribution is -0.00119. The highest BCUT2D eigenvalue weighted by atomic mass is 79.9. The van der Waals surface area contributed by atoms with Gasteiger partial charge in [0.2, 0.25) is 5.88 Å². The number of hydrogen-bond acceptors (Lipinski definition) is 4. The van der Waals surface area contributed by atoms with E-state index >= 15 is 0 Å². The highest BCUT2D eigenvalue weighted by Gasteiger charge is 2.40. The van der Waals surface area contributed by atoms with E-state index in [1.54, 1.807) is 19.2 Å². The summed E-state index contributed by atoms with van der Waals surface area (Å²) in [7, 11) is 3.71. The van der Waals surface area contributed by atoms with Gasteiger partial charge in [0, 0.05) is 34.4 Å². The van der Waals surface area contributed by atoms with Gasteiger partial charge < -0.3 is 14.7 Å². The number of aryl methyl sites for hydroxylation is 1. The molecule has 0 fully saturated rings. The van der Waals surface area contributed by atoms with Crippen molar-refractivity contribution >= 4 is 26.8 Å². The van der Waals surface area contributed by atoms with Gasteiger partial charge >= 0.3 is 0 Å². The van der Waals surface area contributed by atoms with E-state index in [9.17, 15) is 9.50 Å². The maximum absolute atomic E-state index is 13.7. The van der Waals surface area contributed by atoms with Gasteiger partial charge in [0.25, 0.3) is 0 Å². The van der Waals surface area contributed by atoms with Gasteiger partial charge in [0.05, 0.1) is 18.2 Å². The van der Waals surface area contributed by atoms with E-state index in [4.69, 9.17) is 9.72 Å². The van der Waals surface area contributed by atoms with Crippen molar-refractivity contribution in [2.24, 2.45) is 0 Å². The van der Waals surface area contributed by atoms with Crippen molar-refractivity contribution < 1.29 is 14.2 Å². The third kappa shape index (κ3) is 7.24. The SMILES string of the molecule is COc1nc2ccc(Br)cc2cc1C(c1ccccc1)C(O)(CCc1ccc(F)cc1)CCN(C)Cc1ccccc1. The average Bonchev–Trinajstić information content (AvgIpc) is 3.01. The van der Waals surface area contributed by atoms with Gasteiger partial charge in [-0.05, 0) is 79.4 Å². The number of hydrogen-bond donors (Lipinski definition) is 1. The van der Waals surface area contributed by atoms with E-state index in [0.29, 0.717) is 31.7 Å². The molecule has 0 aliphatic rings. The van der Waals surface area contributed by atoms with Crippen LogP contribution in [0.1, 0.15) is 41.0 Å². The summed E-state index contributed by atoms with van der Waals surface area (Å²) in [4.78, 5) is 7.11. The second-order valence-corrected chi connectivity index (χ2v) is 11.9. The van der Waals surface area contributed by atoms with Crippen molar-refractivity contribution in [2.75, 3.05) is 20.7 Å². The topological polar surface area (TPSA) is 45.6 Å². The van der Waals surface area contributed by atoms with Crippen molar-refractivity contribution in [3.05, 3.63) is 142 Å². The molecule has 216 valence electrons. The Kier molecular flexibility index (Phi) is 9.68. The van der Waals surface area contributed by atoms with Crippen molar-refractivity contribution in [3.8, 4) is 5.88 Å². The summed E-state index contributed by atoms with van der Waals surface area (Å²) in [6.07, 6.45) is 1.57. The molecule has 0 saturated carbocycles. The Hall–Kier alpha value is -3.58. The molecule has 0 bridgehead atoms. The number of aliphatic hydroxyl groups is 1. The molecule has 4 nitrogen and oxygen atoms in total. The molecule has 6 heteroatoms. The van der Waals surface area contributed by atoms with Crippen molar-refractivity contribution in [1.82, 2.24) is 9.88 Å². The molecule has 42 heavy (non-hydrogen) atoms. The maximum Gasteiger partial charge on any atom is 0.217 e. The zero-order valence-corrected chi connectivity index (χ0v) is 25.6. The number of rotatable bonds is 12. The third-order valence-corrected chi connectivity index (χ3v) is 8.42. The zero-order chi connectivity index (χ0) is 29.5. The highest BCUT2D eigenvalue weighted by Crippen LogP contribution is 2.44. The minimum Gasteiger partial charge on any atom is -0.481 e. The first-order valence-corrected chi connectivity index (χ1v) is 15.0. The fraction of sp³-hybridized carbons (Fsp3) is 0.250. The predicted octanol–water partition coefficient (Wildman–Crippen LogP) is 8.16. The fourth-order valence-corrected chi connectivity index (χ4v) is 6.10. The van der Waals surface area contributed by atoms with Gasteiger partial charge in [0.15, 0.2) is 0 Å². The molecular weight excluding hydrogens is 591 g/mol. The lowest BCUT2D eigenvalue weighted by Crippen LogP contribution is -2.41. The number of aromatic nitrogens is 1. The summed E-state index contributed by atoms with van der Waals surface area (Å²) in [5.74, 6) is -0.191. The first kappa shape index (κ1) is 29.9. The summed E-state index contributed by atoms with van der Waals surface area (Å²) in [6, 6.07) is 35.1. The Labute approximate surface area is 255 Å². The van der Waals surface area contributed by atoms with E-state index in [-0.39, 0.29) is 5.82 Å². The van der Waals surface area contributed by atoms with Crippen LogP contribution in [0.3, 0.4) is 0 Å². The Balaban J connectivity index is 1.57. The molecule has 1 N–H and O–H groups in total. The summed E-state index contributed by atoms with van der Waals surface area (Å²) in [5.41, 5.74) is 3.67. The largest absolute Gasteiger partial charge is 0.481 e. The van der Waals surface area contributed by atoms with Gasteiger partial charge in [-0.3, -0.25) is 0 Å². The van der Waals surface area contributed by atoms with Gasteiger partial charge in [-0.25, -0.2) is 9.37 Å². The minimum absolute atomic E-state index is 0.267. The number of methoxy groups -OCH3 is 1. The molecule has 5 rings (SSSR count). The number of benzene rings is 4. The summed E-state index contributed by atoms with van der Waals surface area (Å²) < 4.78 is 20.5. The normalized spacial score (nSPS) is 13.7. The van der Waals surface area contributed by atoms with Gasteiger partial charge in [0.1, 0.15) is 5.82 Å². The molecule has 4 aromatic carbocycles. The highest BCUT2D eigenvalue weighted by molar-refractivity contribution is 9.10. The number of halogens is 2. The Morgan fingerprint density at radius 3 is 2.26 bits per heavy atom. The van der Waals surface area contributed by atoms with E-state index in [0.717, 1.165) is 38.6 Å². The van der Waals surface area contributed by atoms with E-state index in [2.05, 4.69) is 58.2 Å². The summed E-state index contributed by atoms with van der Waals surface area (Å²) >= 11 is 3.60. The van der Waals surface area contributed by atoms with Crippen LogP contribution in [0.5, 0.6) is 5.88 Å². The van der Waals surface area contributed by atoms with Crippen LogP contribution in [0.25, 0.3) is 10.9 Å². The molecule has 0 spiro atoms. The molecule has 0 radical (unpaired) electrons. The quantitative estimate of drug-likeness (QED) is 0.152. The van der Waals surface area contributed by atoms with Crippen LogP contribution in [-0.4, -0.2) is 41.3 Å². The molecule has 0 amide bonds. The van der Waals surface area contributed by atoms with Crippen LogP contribution in [0.15, 0.2) is 114 Å². The van der Waals surface area contributed by atoms with Crippen LogP contribution in [0.2, 0.25) is 0 Å². The van der Waals surface area contributed by atoms with Crippen LogP contribution in [-0.2, 0) is 13.0 Å². The van der Waals surface area contributed by atoms with E-state index in [1.165, 1.54) is 17.7 Å². The fourth-order valence-electron chi connectivity index (χ4n) is 5.73. The molecule has 1 aromatic heterocycles. The van der Waals surface area contributed by atoms with Crippen LogP contribution >= 0.6 is 15.9 Å². The smallest absolute Gasteiger partial charge is 0.217 e. The first-order chi connectivity index (χ1) is 20.3. The van der Waals surface area contributed by atoms with Crippen LogP contribution in [0, 0.1) is 5.82 Å². The standard InChI is InChI=1S/C36H36BrFN2O2/c1-40(25-27-9-5-3-6-10-27)22-21-36(41,20-19-26-13-16-31(38)17-14-26)34(28-11-7-4-8-12-28)32-24-29-23-30(37)15-18-33(29)39-35(32)42-2/h3-18,23-24,34,41H,19-22,25H2,1-2H3. The lowest BCUT2D eigenvalue weighted by Gasteiger charge is -2.39. The second-order valence-electron chi connectivity index (χ2n) is 11.0.